The first-order valence-corrected chi connectivity index (χ1v) is 7.98. The third-order valence-electron chi connectivity index (χ3n) is 3.68. The molecule has 0 amide bonds. The van der Waals surface area contributed by atoms with Crippen molar-refractivity contribution in [3.63, 3.8) is 0 Å². The number of para-hydroxylation sites is 1. The Morgan fingerprint density at radius 2 is 2.00 bits per heavy atom. The van der Waals surface area contributed by atoms with Gasteiger partial charge in [-0.2, -0.15) is 0 Å². The highest BCUT2D eigenvalue weighted by atomic mass is 16.6. The van der Waals surface area contributed by atoms with Gasteiger partial charge in [-0.1, -0.05) is 30.3 Å². The van der Waals surface area contributed by atoms with Gasteiger partial charge in [-0.3, -0.25) is 4.79 Å². The zero-order valence-electron chi connectivity index (χ0n) is 13.6. The summed E-state index contributed by atoms with van der Waals surface area (Å²) in [5.74, 6) is 0.719. The fourth-order valence-corrected chi connectivity index (χ4v) is 2.58. The van der Waals surface area contributed by atoms with Crippen LogP contribution in [0.4, 0.5) is 0 Å². The van der Waals surface area contributed by atoms with Gasteiger partial charge in [0.25, 0.3) is 0 Å². The van der Waals surface area contributed by atoms with Gasteiger partial charge in [0, 0.05) is 18.8 Å². The second-order valence-electron chi connectivity index (χ2n) is 5.45. The van der Waals surface area contributed by atoms with E-state index in [0.29, 0.717) is 43.8 Å². The Kier molecular flexibility index (Phi) is 6.20. The number of ketones is 1. The van der Waals surface area contributed by atoms with Crippen LogP contribution in [0.2, 0.25) is 0 Å². The molecule has 1 unspecified atom stereocenters. The summed E-state index contributed by atoms with van der Waals surface area (Å²) in [5, 5.41) is 14.2. The van der Waals surface area contributed by atoms with Crippen LogP contribution in [0.25, 0.3) is 0 Å². The summed E-state index contributed by atoms with van der Waals surface area (Å²) in [6.07, 6.45) is 1.30. The number of aliphatic hydroxyl groups excluding tert-OH is 1. The average Bonchev–Trinajstić information content (AvgIpc) is 2.56. The maximum absolute atomic E-state index is 12.4. The number of rotatable bonds is 7. The van der Waals surface area contributed by atoms with Crippen molar-refractivity contribution < 1.29 is 19.5 Å². The molecule has 1 aromatic carbocycles. The lowest BCUT2D eigenvalue weighted by molar-refractivity contribution is -0.117. The molecule has 0 saturated carbocycles. The van der Waals surface area contributed by atoms with Gasteiger partial charge >= 0.3 is 0 Å². The molecule has 5 heteroatoms. The summed E-state index contributed by atoms with van der Waals surface area (Å²) in [6, 6.07) is 9.45. The molecular formula is C18H23NO4. The number of benzene rings is 1. The molecule has 0 fully saturated rings. The van der Waals surface area contributed by atoms with Crippen LogP contribution in [0.5, 0.6) is 5.75 Å². The van der Waals surface area contributed by atoms with Crippen molar-refractivity contribution in [2.75, 3.05) is 13.2 Å². The lowest BCUT2D eigenvalue weighted by Gasteiger charge is -2.23. The Hall–Kier alpha value is -2.30. The van der Waals surface area contributed by atoms with Crippen LogP contribution in [-0.4, -0.2) is 29.8 Å². The number of allylic oxidation sites excluding steroid dienone is 2. The number of carbonyl (C=O) groups excluding carboxylic acids is 1. The number of carbonyl (C=O) groups is 1. The van der Waals surface area contributed by atoms with E-state index in [0.717, 1.165) is 5.75 Å². The smallest absolute Gasteiger partial charge is 0.168 e. The van der Waals surface area contributed by atoms with Crippen molar-refractivity contribution in [3.05, 3.63) is 41.7 Å². The predicted octanol–water partition coefficient (Wildman–Crippen LogP) is 3.66. The second kappa shape index (κ2) is 8.36. The molecule has 0 bridgehead atoms. The molecule has 0 heterocycles. The molecule has 1 N–H and O–H groups in total. The molecule has 23 heavy (non-hydrogen) atoms. The number of aliphatic hydroxyl groups is 1. The number of ether oxygens (including phenoxy) is 1. The number of oxime groups is 1. The van der Waals surface area contributed by atoms with Crippen LogP contribution >= 0.6 is 0 Å². The van der Waals surface area contributed by atoms with Gasteiger partial charge in [-0.15, -0.1) is 0 Å². The van der Waals surface area contributed by atoms with E-state index in [1.807, 2.05) is 44.2 Å². The summed E-state index contributed by atoms with van der Waals surface area (Å²) in [5.41, 5.74) is 0.827. The van der Waals surface area contributed by atoms with Gasteiger partial charge in [-0.25, -0.2) is 0 Å². The lowest BCUT2D eigenvalue weighted by atomic mass is 9.85. The number of hydrogen-bond acceptors (Lipinski definition) is 5. The highest BCUT2D eigenvalue weighted by Crippen LogP contribution is 2.28. The van der Waals surface area contributed by atoms with E-state index < -0.39 is 0 Å². The molecule has 0 aliphatic heterocycles. The molecule has 0 radical (unpaired) electrons. The third-order valence-corrected chi connectivity index (χ3v) is 3.68. The largest absolute Gasteiger partial charge is 0.511 e. The van der Waals surface area contributed by atoms with E-state index in [-0.39, 0.29) is 17.5 Å². The van der Waals surface area contributed by atoms with E-state index in [9.17, 15) is 9.90 Å². The second-order valence-corrected chi connectivity index (χ2v) is 5.45. The molecular weight excluding hydrogens is 294 g/mol. The van der Waals surface area contributed by atoms with Crippen molar-refractivity contribution in [2.45, 2.75) is 33.1 Å². The summed E-state index contributed by atoms with van der Waals surface area (Å²) >= 11 is 0. The van der Waals surface area contributed by atoms with Crippen LogP contribution < -0.4 is 4.74 Å². The molecule has 1 aromatic rings. The van der Waals surface area contributed by atoms with Crippen molar-refractivity contribution in [2.24, 2.45) is 11.1 Å². The molecule has 1 aliphatic carbocycles. The minimum Gasteiger partial charge on any atom is -0.511 e. The molecule has 124 valence electrons. The van der Waals surface area contributed by atoms with Crippen LogP contribution in [0.15, 0.2) is 46.8 Å². The molecule has 2 rings (SSSR count). The zero-order valence-corrected chi connectivity index (χ0v) is 13.6. The number of nitrogens with zero attached hydrogens (tertiary/aromatic N) is 1. The Labute approximate surface area is 136 Å². The van der Waals surface area contributed by atoms with E-state index >= 15 is 0 Å². The number of hydrogen-bond donors (Lipinski definition) is 1. The normalized spacial score (nSPS) is 19.0. The molecule has 0 aromatic heterocycles. The minimum atomic E-state index is -0.101. The SMILES string of the molecule is CCO/N=C(\CC)C1=C(O)CC(COc2ccccc2)CC1=O. The third kappa shape index (κ3) is 4.58. The van der Waals surface area contributed by atoms with Crippen LogP contribution in [0.1, 0.15) is 33.1 Å². The van der Waals surface area contributed by atoms with E-state index in [1.165, 1.54) is 0 Å². The van der Waals surface area contributed by atoms with Gasteiger partial charge in [0.2, 0.25) is 0 Å². The highest BCUT2D eigenvalue weighted by Gasteiger charge is 2.30. The summed E-state index contributed by atoms with van der Waals surface area (Å²) in [7, 11) is 0. The Bertz CT molecular complexity index is 592. The lowest BCUT2D eigenvalue weighted by Crippen LogP contribution is -2.27. The molecule has 1 atom stereocenters. The van der Waals surface area contributed by atoms with Gasteiger partial charge in [0.1, 0.15) is 18.1 Å². The standard InChI is InChI=1S/C18H23NO4/c1-3-15(19-23-4-2)18-16(20)10-13(11-17(18)21)12-22-14-8-6-5-7-9-14/h5-9,13,20H,3-4,10-12H2,1-2H3/b19-15+. The van der Waals surface area contributed by atoms with Crippen LogP contribution in [-0.2, 0) is 9.63 Å². The summed E-state index contributed by atoms with van der Waals surface area (Å²) < 4.78 is 5.69. The molecule has 5 nitrogen and oxygen atoms in total. The zero-order chi connectivity index (χ0) is 16.7. The predicted molar refractivity (Wildman–Crippen MR) is 88.7 cm³/mol. The molecule has 0 spiro atoms. The monoisotopic (exact) mass is 317 g/mol. The first-order valence-electron chi connectivity index (χ1n) is 7.98. The van der Waals surface area contributed by atoms with E-state index in [2.05, 4.69) is 5.16 Å². The maximum atomic E-state index is 12.4. The quantitative estimate of drug-likeness (QED) is 0.615. The van der Waals surface area contributed by atoms with E-state index in [4.69, 9.17) is 9.57 Å². The Morgan fingerprint density at radius 1 is 1.26 bits per heavy atom. The number of Topliss-reactive ketones (excluding diaryl/α,β-unsaturated/α-hetero) is 1. The summed E-state index contributed by atoms with van der Waals surface area (Å²) in [6.45, 7) is 4.54. The van der Waals surface area contributed by atoms with Gasteiger partial charge in [0.05, 0.1) is 17.9 Å². The topological polar surface area (TPSA) is 68.1 Å². The van der Waals surface area contributed by atoms with Crippen LogP contribution in [0, 0.1) is 5.92 Å². The fraction of sp³-hybridized carbons (Fsp3) is 0.444. The first kappa shape index (κ1) is 17.1. The minimum absolute atomic E-state index is 0.0309. The fourth-order valence-electron chi connectivity index (χ4n) is 2.58. The van der Waals surface area contributed by atoms with Crippen molar-refractivity contribution in [1.29, 1.82) is 0 Å². The Morgan fingerprint density at radius 3 is 2.61 bits per heavy atom. The van der Waals surface area contributed by atoms with Gasteiger partial charge < -0.3 is 14.7 Å². The summed E-state index contributed by atoms with van der Waals surface area (Å²) in [4.78, 5) is 17.4. The Balaban J connectivity index is 2.04. The van der Waals surface area contributed by atoms with Crippen molar-refractivity contribution in [1.82, 2.24) is 0 Å². The average molecular weight is 317 g/mol. The van der Waals surface area contributed by atoms with Crippen molar-refractivity contribution >= 4 is 11.5 Å². The van der Waals surface area contributed by atoms with Gasteiger partial charge in [0.15, 0.2) is 5.78 Å². The first-order chi connectivity index (χ1) is 11.2. The van der Waals surface area contributed by atoms with Gasteiger partial charge in [-0.05, 0) is 25.5 Å². The van der Waals surface area contributed by atoms with Crippen molar-refractivity contribution in [3.8, 4) is 5.75 Å². The molecule has 0 saturated heterocycles. The van der Waals surface area contributed by atoms with Crippen LogP contribution in [0.3, 0.4) is 0 Å². The highest BCUT2D eigenvalue weighted by molar-refractivity contribution is 6.22. The molecule has 1 aliphatic rings. The maximum Gasteiger partial charge on any atom is 0.168 e. The van der Waals surface area contributed by atoms with E-state index in [1.54, 1.807) is 0 Å².